The van der Waals surface area contributed by atoms with Crippen LogP contribution in [0.1, 0.15) is 35.8 Å². The molecule has 26 heavy (non-hydrogen) atoms. The quantitative estimate of drug-likeness (QED) is 0.916. The number of ether oxygens (including phenoxy) is 1. The third-order valence-electron chi connectivity index (χ3n) is 5.08. The van der Waals surface area contributed by atoms with Crippen molar-refractivity contribution in [1.82, 2.24) is 15.3 Å². The van der Waals surface area contributed by atoms with E-state index in [0.29, 0.717) is 18.3 Å². The van der Waals surface area contributed by atoms with Gasteiger partial charge in [-0.15, -0.1) is 0 Å². The average molecular weight is 352 g/mol. The lowest BCUT2D eigenvalue weighted by atomic mass is 9.97. The maximum atomic E-state index is 12.4. The number of piperidine rings is 1. The zero-order valence-corrected chi connectivity index (χ0v) is 15.0. The van der Waals surface area contributed by atoms with Crippen molar-refractivity contribution in [2.24, 2.45) is 0 Å². The number of hydrogen-bond acceptors (Lipinski definition) is 5. The molecule has 0 saturated carbocycles. The van der Waals surface area contributed by atoms with Crippen molar-refractivity contribution < 1.29 is 9.53 Å². The third kappa shape index (κ3) is 3.55. The Bertz CT molecular complexity index is 775. The van der Waals surface area contributed by atoms with Crippen LogP contribution in [0.15, 0.2) is 36.4 Å². The second kappa shape index (κ2) is 7.41. The lowest BCUT2D eigenvalue weighted by molar-refractivity contribution is 0.178. The maximum absolute atomic E-state index is 12.4. The molecule has 0 aliphatic carbocycles. The van der Waals surface area contributed by atoms with E-state index in [1.165, 1.54) is 5.56 Å². The van der Waals surface area contributed by atoms with Gasteiger partial charge in [0, 0.05) is 17.7 Å². The zero-order valence-electron chi connectivity index (χ0n) is 15.0. The summed E-state index contributed by atoms with van der Waals surface area (Å²) in [5.74, 6) is 1.86. The normalized spacial score (nSPS) is 21.0. The van der Waals surface area contributed by atoms with Crippen LogP contribution in [0.25, 0.3) is 0 Å². The van der Waals surface area contributed by atoms with E-state index in [2.05, 4.69) is 22.4 Å². The monoisotopic (exact) mass is 352 g/mol. The summed E-state index contributed by atoms with van der Waals surface area (Å²) in [5, 5.41) is 3.37. The number of nitrogens with zero attached hydrogens (tertiary/aromatic N) is 3. The molecule has 1 amide bonds. The molecule has 2 aromatic rings. The fourth-order valence-electron chi connectivity index (χ4n) is 3.74. The van der Waals surface area contributed by atoms with E-state index < -0.39 is 0 Å². The lowest BCUT2D eigenvalue weighted by Gasteiger charge is -2.25. The minimum Gasteiger partial charge on any atom is -0.447 e. The molecule has 6 heteroatoms. The molecule has 2 aliphatic heterocycles. The third-order valence-corrected chi connectivity index (χ3v) is 5.08. The number of anilines is 1. The van der Waals surface area contributed by atoms with Gasteiger partial charge < -0.3 is 10.1 Å². The summed E-state index contributed by atoms with van der Waals surface area (Å²) in [7, 11) is 0. The van der Waals surface area contributed by atoms with Crippen LogP contribution in [0.3, 0.4) is 0 Å². The SMILES string of the molecule is Cc1cc(N2C(=O)OC[C@H]2Cc2ccccc2)nc(C2CCNCC2)n1. The van der Waals surface area contributed by atoms with Crippen LogP contribution in [0.2, 0.25) is 0 Å². The molecular formula is C20H24N4O2. The van der Waals surface area contributed by atoms with Crippen LogP contribution in [-0.2, 0) is 11.2 Å². The van der Waals surface area contributed by atoms with Crippen LogP contribution < -0.4 is 10.2 Å². The highest BCUT2D eigenvalue weighted by Gasteiger charge is 2.36. The highest BCUT2D eigenvalue weighted by Crippen LogP contribution is 2.28. The molecule has 0 bridgehead atoms. The first kappa shape index (κ1) is 17.0. The van der Waals surface area contributed by atoms with Crippen molar-refractivity contribution in [3.05, 3.63) is 53.5 Å². The predicted molar refractivity (Wildman–Crippen MR) is 99.4 cm³/mol. The van der Waals surface area contributed by atoms with Gasteiger partial charge in [-0.25, -0.2) is 14.8 Å². The molecule has 1 atom stereocenters. The first-order valence-corrected chi connectivity index (χ1v) is 9.27. The van der Waals surface area contributed by atoms with E-state index in [1.54, 1.807) is 4.90 Å². The Morgan fingerprint density at radius 1 is 1.19 bits per heavy atom. The van der Waals surface area contributed by atoms with Crippen molar-refractivity contribution in [2.75, 3.05) is 24.6 Å². The van der Waals surface area contributed by atoms with Gasteiger partial charge in [-0.3, -0.25) is 4.90 Å². The van der Waals surface area contributed by atoms with E-state index in [1.807, 2.05) is 31.2 Å². The van der Waals surface area contributed by atoms with Gasteiger partial charge in [-0.05, 0) is 44.8 Å². The number of hydrogen-bond donors (Lipinski definition) is 1. The van der Waals surface area contributed by atoms with E-state index in [-0.39, 0.29) is 12.1 Å². The molecule has 0 radical (unpaired) electrons. The summed E-state index contributed by atoms with van der Waals surface area (Å²) in [6, 6.07) is 12.0. The van der Waals surface area contributed by atoms with Crippen LogP contribution in [0, 0.1) is 6.92 Å². The van der Waals surface area contributed by atoms with Crippen molar-refractivity contribution in [3.8, 4) is 0 Å². The molecule has 136 valence electrons. The second-order valence-electron chi connectivity index (χ2n) is 7.04. The van der Waals surface area contributed by atoms with Gasteiger partial charge in [0.25, 0.3) is 0 Å². The van der Waals surface area contributed by atoms with E-state index in [9.17, 15) is 4.79 Å². The lowest BCUT2D eigenvalue weighted by Crippen LogP contribution is -2.36. The first-order chi connectivity index (χ1) is 12.7. The molecule has 2 aliphatic rings. The Hall–Kier alpha value is -2.47. The number of carbonyl (C=O) groups excluding carboxylic acids is 1. The van der Waals surface area contributed by atoms with Crippen molar-refractivity contribution in [2.45, 2.75) is 38.1 Å². The van der Waals surface area contributed by atoms with Crippen molar-refractivity contribution in [3.63, 3.8) is 0 Å². The predicted octanol–water partition coefficient (Wildman–Crippen LogP) is 2.82. The number of aromatic nitrogens is 2. The van der Waals surface area contributed by atoms with Gasteiger partial charge in [0.05, 0.1) is 6.04 Å². The van der Waals surface area contributed by atoms with Crippen molar-refractivity contribution >= 4 is 11.9 Å². The summed E-state index contributed by atoms with van der Waals surface area (Å²) in [6.45, 7) is 4.32. The number of benzene rings is 1. The highest BCUT2D eigenvalue weighted by atomic mass is 16.6. The fourth-order valence-corrected chi connectivity index (χ4v) is 3.74. The second-order valence-corrected chi connectivity index (χ2v) is 7.04. The van der Waals surface area contributed by atoms with Gasteiger partial charge in [-0.2, -0.15) is 0 Å². The van der Waals surface area contributed by atoms with Crippen LogP contribution >= 0.6 is 0 Å². The number of nitrogens with one attached hydrogen (secondary N) is 1. The minimum absolute atomic E-state index is 0.0416. The Balaban J connectivity index is 1.61. The molecular weight excluding hydrogens is 328 g/mol. The first-order valence-electron chi connectivity index (χ1n) is 9.27. The number of amides is 1. The number of aryl methyl sites for hydroxylation is 1. The Morgan fingerprint density at radius 3 is 2.73 bits per heavy atom. The molecule has 4 rings (SSSR count). The van der Waals surface area contributed by atoms with Crippen LogP contribution in [0.5, 0.6) is 0 Å². The average Bonchev–Trinajstić information content (AvgIpc) is 3.03. The smallest absolute Gasteiger partial charge is 0.415 e. The number of rotatable bonds is 4. The molecule has 1 N–H and O–H groups in total. The largest absolute Gasteiger partial charge is 0.447 e. The summed E-state index contributed by atoms with van der Waals surface area (Å²) in [4.78, 5) is 23.5. The van der Waals surface area contributed by atoms with E-state index in [4.69, 9.17) is 9.72 Å². The standard InChI is InChI=1S/C20H24N4O2/c1-14-11-18(23-19(22-14)16-7-9-21-10-8-16)24-17(13-26-20(24)25)12-15-5-3-2-4-6-15/h2-6,11,16-17,21H,7-10,12-13H2,1H3/t17-/m1/s1. The number of carbonyl (C=O) groups is 1. The zero-order chi connectivity index (χ0) is 17.9. The van der Waals surface area contributed by atoms with Gasteiger partial charge in [-0.1, -0.05) is 30.3 Å². The summed E-state index contributed by atoms with van der Waals surface area (Å²) in [5.41, 5.74) is 2.08. The van der Waals surface area contributed by atoms with Gasteiger partial charge in [0.1, 0.15) is 18.2 Å². The van der Waals surface area contributed by atoms with E-state index in [0.717, 1.165) is 43.9 Å². The summed E-state index contributed by atoms with van der Waals surface area (Å²) in [6.07, 6.45) is 2.49. The molecule has 1 aromatic heterocycles. The maximum Gasteiger partial charge on any atom is 0.415 e. The molecule has 2 fully saturated rings. The molecule has 3 heterocycles. The molecule has 1 aromatic carbocycles. The fraction of sp³-hybridized carbons (Fsp3) is 0.450. The van der Waals surface area contributed by atoms with Crippen molar-refractivity contribution in [1.29, 1.82) is 0 Å². The minimum atomic E-state index is -0.319. The van der Waals surface area contributed by atoms with Crippen LogP contribution in [0.4, 0.5) is 10.6 Å². The summed E-state index contributed by atoms with van der Waals surface area (Å²) >= 11 is 0. The topological polar surface area (TPSA) is 67.4 Å². The number of cyclic esters (lactones) is 1. The molecule has 6 nitrogen and oxygen atoms in total. The van der Waals surface area contributed by atoms with Gasteiger partial charge in [0.15, 0.2) is 0 Å². The Kier molecular flexibility index (Phi) is 4.84. The Morgan fingerprint density at radius 2 is 1.96 bits per heavy atom. The summed E-state index contributed by atoms with van der Waals surface area (Å²) < 4.78 is 5.35. The highest BCUT2D eigenvalue weighted by molar-refractivity contribution is 5.89. The molecule has 2 saturated heterocycles. The van der Waals surface area contributed by atoms with Gasteiger partial charge in [0.2, 0.25) is 0 Å². The molecule has 0 spiro atoms. The van der Waals surface area contributed by atoms with Gasteiger partial charge >= 0.3 is 6.09 Å². The van der Waals surface area contributed by atoms with Crippen LogP contribution in [-0.4, -0.2) is 41.8 Å². The van der Waals surface area contributed by atoms with E-state index >= 15 is 0 Å². The molecule has 0 unspecified atom stereocenters. The Labute approximate surface area is 153 Å².